The molecule has 154 valence electrons. The first kappa shape index (κ1) is 18.8. The van der Waals surface area contributed by atoms with Crippen LogP contribution in [0.1, 0.15) is 19.8 Å². The quantitative estimate of drug-likeness (QED) is 0.575. The number of amides is 1. The average Bonchev–Trinajstić information content (AvgIpc) is 3.45. The molecule has 0 aromatic heterocycles. The molecule has 0 saturated heterocycles. The van der Waals surface area contributed by atoms with Crippen LogP contribution in [0.3, 0.4) is 0 Å². The highest BCUT2D eigenvalue weighted by Gasteiger charge is 2.51. The minimum absolute atomic E-state index is 0. The predicted molar refractivity (Wildman–Crippen MR) is 118 cm³/mol. The maximum atomic E-state index is 13.2. The summed E-state index contributed by atoms with van der Waals surface area (Å²) in [6.45, 7) is 0.220. The van der Waals surface area contributed by atoms with Gasteiger partial charge < -0.3 is 19.5 Å². The third kappa shape index (κ3) is 3.25. The van der Waals surface area contributed by atoms with Crippen molar-refractivity contribution in [3.63, 3.8) is 0 Å². The van der Waals surface area contributed by atoms with E-state index >= 15 is 0 Å². The summed E-state index contributed by atoms with van der Waals surface area (Å²) in [5.41, 5.74) is 3.00. The van der Waals surface area contributed by atoms with E-state index in [9.17, 15) is 4.79 Å². The second-order valence-corrected chi connectivity index (χ2v) is 7.96. The number of carbonyl (C=O) groups excluding carboxylic acids is 1. The van der Waals surface area contributed by atoms with Gasteiger partial charge in [0.05, 0.1) is 12.5 Å². The highest BCUT2D eigenvalue weighted by molar-refractivity contribution is 6.30. The number of nitrogens with one attached hydrogen (secondary N) is 1. The third-order valence-corrected chi connectivity index (χ3v) is 5.97. The molecule has 2 aliphatic rings. The van der Waals surface area contributed by atoms with Gasteiger partial charge in [-0.1, -0.05) is 29.8 Å². The van der Waals surface area contributed by atoms with Crippen LogP contribution in [-0.2, 0) is 10.2 Å². The number of ether oxygens (including phenoxy) is 3. The zero-order valence-corrected chi connectivity index (χ0v) is 17.2. The van der Waals surface area contributed by atoms with E-state index in [-0.39, 0.29) is 14.1 Å². The molecule has 5 rings (SSSR count). The van der Waals surface area contributed by atoms with Crippen molar-refractivity contribution in [1.82, 2.24) is 0 Å². The van der Waals surface area contributed by atoms with Crippen molar-refractivity contribution < 1.29 is 20.4 Å². The minimum Gasteiger partial charge on any atom is -0.496 e. The van der Waals surface area contributed by atoms with Crippen molar-refractivity contribution in [3.05, 3.63) is 71.2 Å². The molecular formula is C24H22ClNO4. The van der Waals surface area contributed by atoms with Gasteiger partial charge in [-0.05, 0) is 66.4 Å². The Labute approximate surface area is 181 Å². The molecule has 0 unspecified atom stereocenters. The van der Waals surface area contributed by atoms with Gasteiger partial charge in [0, 0.05) is 17.7 Å². The Morgan fingerprint density at radius 3 is 2.53 bits per heavy atom. The largest absolute Gasteiger partial charge is 0.496 e. The number of benzene rings is 3. The summed E-state index contributed by atoms with van der Waals surface area (Å²) in [7, 11) is 1.63. The Bertz CT molecular complexity index is 1130. The van der Waals surface area contributed by atoms with Crippen LogP contribution >= 0.6 is 11.6 Å². The lowest BCUT2D eigenvalue weighted by molar-refractivity contribution is -0.118. The van der Waals surface area contributed by atoms with Gasteiger partial charge >= 0.3 is 0 Å². The van der Waals surface area contributed by atoms with Gasteiger partial charge in [-0.15, -0.1) is 0 Å². The Hall–Kier alpha value is -3.18. The molecule has 1 heterocycles. The molecule has 30 heavy (non-hydrogen) atoms. The fraction of sp³-hybridized carbons (Fsp3) is 0.208. The highest BCUT2D eigenvalue weighted by Crippen LogP contribution is 2.51. The van der Waals surface area contributed by atoms with Crippen molar-refractivity contribution in [2.75, 3.05) is 19.2 Å². The number of hydrogen-bond acceptors (Lipinski definition) is 4. The van der Waals surface area contributed by atoms with Crippen LogP contribution in [0, 0.1) is 0 Å². The molecule has 1 aliphatic heterocycles. The van der Waals surface area contributed by atoms with Crippen LogP contribution in [0.4, 0.5) is 5.69 Å². The fourth-order valence-electron chi connectivity index (χ4n) is 3.86. The van der Waals surface area contributed by atoms with E-state index in [0.29, 0.717) is 10.8 Å². The van der Waals surface area contributed by atoms with E-state index in [1.54, 1.807) is 7.11 Å². The topological polar surface area (TPSA) is 56.8 Å². The lowest BCUT2D eigenvalue weighted by atomic mass is 9.94. The summed E-state index contributed by atoms with van der Waals surface area (Å²) in [6, 6.07) is 18.9. The lowest BCUT2D eigenvalue weighted by Gasteiger charge is -2.17. The standard InChI is InChI=1S/C24H20ClNO4.H2/c1-28-20-9-7-18(13-19(20)15-2-5-17(25)6-3-15)26-23(27)24(10-11-24)16-4-8-21-22(12-16)30-14-29-21;/h2-9,12-13H,10-11,14H2,1H3,(H,26,27);1H. The first-order valence-electron chi connectivity index (χ1n) is 9.75. The SMILES string of the molecule is COc1ccc(NC(=O)C2(c3ccc4c(c3)OCO4)CC2)cc1-c1ccc(Cl)cc1.[HH]. The summed E-state index contributed by atoms with van der Waals surface area (Å²) in [4.78, 5) is 13.2. The zero-order valence-electron chi connectivity index (χ0n) is 16.4. The molecule has 1 saturated carbocycles. The van der Waals surface area contributed by atoms with Crippen LogP contribution < -0.4 is 19.5 Å². The molecular weight excluding hydrogens is 402 g/mol. The Morgan fingerprint density at radius 2 is 1.80 bits per heavy atom. The molecule has 0 radical (unpaired) electrons. The van der Waals surface area contributed by atoms with Gasteiger partial charge in [-0.3, -0.25) is 4.79 Å². The summed E-state index contributed by atoms with van der Waals surface area (Å²) in [5, 5.41) is 3.76. The Morgan fingerprint density at radius 1 is 1.03 bits per heavy atom. The molecule has 0 bridgehead atoms. The number of carbonyl (C=O) groups is 1. The van der Waals surface area contributed by atoms with Crippen LogP contribution in [0.5, 0.6) is 17.2 Å². The molecule has 3 aromatic carbocycles. The lowest BCUT2D eigenvalue weighted by Crippen LogP contribution is -2.27. The van der Waals surface area contributed by atoms with Crippen LogP contribution in [0.2, 0.25) is 5.02 Å². The van der Waals surface area contributed by atoms with E-state index in [0.717, 1.165) is 46.7 Å². The van der Waals surface area contributed by atoms with Crippen LogP contribution in [0.15, 0.2) is 60.7 Å². The Kier molecular flexibility index (Phi) is 4.55. The number of methoxy groups -OCH3 is 1. The number of anilines is 1. The van der Waals surface area contributed by atoms with Gasteiger partial charge in [0.25, 0.3) is 0 Å². The Balaban J connectivity index is 0.00000231. The number of fused-ring (bicyclic) bond motifs is 1. The van der Waals surface area contributed by atoms with Crippen molar-refractivity contribution in [1.29, 1.82) is 0 Å². The molecule has 5 nitrogen and oxygen atoms in total. The van der Waals surface area contributed by atoms with E-state index in [1.807, 2.05) is 60.7 Å². The van der Waals surface area contributed by atoms with Crippen LogP contribution in [-0.4, -0.2) is 19.8 Å². The summed E-state index contributed by atoms with van der Waals surface area (Å²) >= 11 is 6.02. The zero-order chi connectivity index (χ0) is 20.7. The van der Waals surface area contributed by atoms with Gasteiger partial charge in [0.1, 0.15) is 5.75 Å². The highest BCUT2D eigenvalue weighted by atomic mass is 35.5. The normalized spacial score (nSPS) is 15.5. The summed E-state index contributed by atoms with van der Waals surface area (Å²) in [6.07, 6.45) is 1.61. The fourth-order valence-corrected chi connectivity index (χ4v) is 3.98. The molecule has 1 amide bonds. The molecule has 6 heteroatoms. The third-order valence-electron chi connectivity index (χ3n) is 5.72. The van der Waals surface area contributed by atoms with Crippen molar-refractivity contribution >= 4 is 23.2 Å². The smallest absolute Gasteiger partial charge is 0.235 e. The molecule has 0 atom stereocenters. The van der Waals surface area contributed by atoms with Gasteiger partial charge in [0.2, 0.25) is 12.7 Å². The first-order valence-corrected chi connectivity index (χ1v) is 10.1. The monoisotopic (exact) mass is 423 g/mol. The van der Waals surface area contributed by atoms with E-state index in [4.69, 9.17) is 25.8 Å². The molecule has 0 spiro atoms. The first-order chi connectivity index (χ1) is 14.6. The van der Waals surface area contributed by atoms with Gasteiger partial charge in [0.15, 0.2) is 11.5 Å². The van der Waals surface area contributed by atoms with Gasteiger partial charge in [-0.25, -0.2) is 0 Å². The molecule has 3 aromatic rings. The summed E-state index contributed by atoms with van der Waals surface area (Å²) < 4.78 is 16.4. The predicted octanol–water partition coefficient (Wildman–Crippen LogP) is 5.66. The maximum Gasteiger partial charge on any atom is 0.235 e. The maximum absolute atomic E-state index is 13.2. The van der Waals surface area contributed by atoms with Gasteiger partial charge in [-0.2, -0.15) is 0 Å². The molecule has 1 fully saturated rings. The number of halogens is 1. The van der Waals surface area contributed by atoms with Crippen LogP contribution in [0.25, 0.3) is 11.1 Å². The average molecular weight is 424 g/mol. The van der Waals surface area contributed by atoms with E-state index < -0.39 is 5.41 Å². The number of hydrogen-bond donors (Lipinski definition) is 1. The number of rotatable bonds is 5. The minimum atomic E-state index is -0.526. The summed E-state index contributed by atoms with van der Waals surface area (Å²) in [5.74, 6) is 2.12. The van der Waals surface area contributed by atoms with Crippen molar-refractivity contribution in [3.8, 4) is 28.4 Å². The second-order valence-electron chi connectivity index (χ2n) is 7.53. The second kappa shape index (κ2) is 7.26. The molecule has 1 N–H and O–H groups in total. The molecule has 1 aliphatic carbocycles. The van der Waals surface area contributed by atoms with Crippen molar-refractivity contribution in [2.45, 2.75) is 18.3 Å². The van der Waals surface area contributed by atoms with E-state index in [1.165, 1.54) is 0 Å². The van der Waals surface area contributed by atoms with E-state index in [2.05, 4.69) is 5.32 Å². The van der Waals surface area contributed by atoms with Crippen molar-refractivity contribution in [2.24, 2.45) is 0 Å².